The van der Waals surface area contributed by atoms with E-state index in [9.17, 15) is 9.59 Å². The number of nitrogens with zero attached hydrogens (tertiary/aromatic N) is 5. The quantitative estimate of drug-likeness (QED) is 0.779. The lowest BCUT2D eigenvalue weighted by molar-refractivity contribution is -0.140. The van der Waals surface area contributed by atoms with Crippen molar-refractivity contribution in [2.75, 3.05) is 13.1 Å². The maximum absolute atomic E-state index is 12.9. The van der Waals surface area contributed by atoms with E-state index in [0.29, 0.717) is 32.6 Å². The Morgan fingerprint density at radius 3 is 2.78 bits per heavy atom. The fourth-order valence-electron chi connectivity index (χ4n) is 4.13. The molecular weight excluding hydrogens is 342 g/mol. The molecule has 2 atom stereocenters. The lowest BCUT2D eigenvalue weighted by Gasteiger charge is -2.36. The number of hydrogen-bond acceptors (Lipinski definition) is 4. The van der Waals surface area contributed by atoms with Crippen LogP contribution in [-0.4, -0.2) is 55.5 Å². The van der Waals surface area contributed by atoms with Crippen molar-refractivity contribution >= 4 is 11.8 Å². The fraction of sp³-hybridized carbons (Fsp3) is 0.500. The second kappa shape index (κ2) is 7.90. The zero-order valence-electron chi connectivity index (χ0n) is 15.4. The van der Waals surface area contributed by atoms with Crippen LogP contribution in [-0.2, 0) is 22.7 Å². The summed E-state index contributed by atoms with van der Waals surface area (Å²) in [6.07, 6.45) is 6.24. The van der Waals surface area contributed by atoms with Crippen molar-refractivity contribution in [2.45, 2.75) is 44.8 Å². The zero-order valence-corrected chi connectivity index (χ0v) is 15.4. The van der Waals surface area contributed by atoms with E-state index in [1.165, 1.54) is 6.33 Å². The number of carbonyl (C=O) groups is 2. The van der Waals surface area contributed by atoms with Crippen LogP contribution in [0.2, 0.25) is 0 Å². The standard InChI is InChI=1S/C20H25N5O2/c26-19(7-4-10-24-15-21-14-22-24)23-12-17-8-9-18(13-23)25(20(17)27)11-16-5-2-1-3-6-16/h1-3,5-6,14-15,17-18H,4,7-13H2. The third-order valence-electron chi connectivity index (χ3n) is 5.59. The van der Waals surface area contributed by atoms with Gasteiger partial charge in [0, 0.05) is 38.6 Å². The minimum absolute atomic E-state index is 0.0632. The van der Waals surface area contributed by atoms with Crippen LogP contribution >= 0.6 is 0 Å². The largest absolute Gasteiger partial charge is 0.340 e. The predicted octanol–water partition coefficient (Wildman–Crippen LogP) is 1.71. The van der Waals surface area contributed by atoms with E-state index in [1.54, 1.807) is 11.0 Å². The summed E-state index contributed by atoms with van der Waals surface area (Å²) in [7, 11) is 0. The van der Waals surface area contributed by atoms with Gasteiger partial charge in [0.25, 0.3) is 0 Å². The van der Waals surface area contributed by atoms with Crippen LogP contribution in [0.5, 0.6) is 0 Å². The Morgan fingerprint density at radius 2 is 2.00 bits per heavy atom. The van der Waals surface area contributed by atoms with Crippen molar-refractivity contribution in [3.63, 3.8) is 0 Å². The molecule has 2 amide bonds. The molecular formula is C20H25N5O2. The van der Waals surface area contributed by atoms with Gasteiger partial charge in [0.05, 0.1) is 5.92 Å². The molecule has 0 spiro atoms. The lowest BCUT2D eigenvalue weighted by atomic mass is 9.93. The topological polar surface area (TPSA) is 71.3 Å². The molecule has 142 valence electrons. The zero-order chi connectivity index (χ0) is 18.6. The minimum Gasteiger partial charge on any atom is -0.340 e. The van der Waals surface area contributed by atoms with Crippen molar-refractivity contribution in [1.82, 2.24) is 24.6 Å². The van der Waals surface area contributed by atoms with E-state index in [2.05, 4.69) is 22.2 Å². The number of carbonyl (C=O) groups excluding carboxylic acids is 2. The Kier molecular flexibility index (Phi) is 5.18. The Labute approximate surface area is 159 Å². The van der Waals surface area contributed by atoms with Crippen molar-refractivity contribution in [1.29, 1.82) is 0 Å². The molecule has 1 aromatic carbocycles. The van der Waals surface area contributed by atoms with Gasteiger partial charge in [0.15, 0.2) is 0 Å². The summed E-state index contributed by atoms with van der Waals surface area (Å²) in [6, 6.07) is 10.2. The molecule has 0 saturated carbocycles. The number of amides is 2. The van der Waals surface area contributed by atoms with Crippen molar-refractivity contribution in [2.24, 2.45) is 5.92 Å². The number of benzene rings is 1. The number of aromatic nitrogens is 3. The average Bonchev–Trinajstić information content (AvgIpc) is 3.05. The highest BCUT2D eigenvalue weighted by Crippen LogP contribution is 2.30. The maximum Gasteiger partial charge on any atom is 0.228 e. The van der Waals surface area contributed by atoms with Gasteiger partial charge >= 0.3 is 0 Å². The molecule has 2 aromatic rings. The molecule has 3 aliphatic rings. The molecule has 7 nitrogen and oxygen atoms in total. The molecule has 0 radical (unpaired) electrons. The molecule has 0 N–H and O–H groups in total. The molecule has 5 rings (SSSR count). The lowest BCUT2D eigenvalue weighted by Crippen LogP contribution is -2.47. The SMILES string of the molecule is O=C(CCCn1cncn1)N1CC2CCC(C1)N(Cc1ccccc1)C2=O. The van der Waals surface area contributed by atoms with Gasteiger partial charge in [-0.3, -0.25) is 14.3 Å². The maximum atomic E-state index is 12.9. The number of aryl methyl sites for hydroxylation is 1. The molecule has 1 aromatic heterocycles. The van der Waals surface area contributed by atoms with Crippen molar-refractivity contribution in [3.8, 4) is 0 Å². The highest BCUT2D eigenvalue weighted by atomic mass is 16.2. The molecule has 3 aliphatic heterocycles. The molecule has 0 aliphatic carbocycles. The van der Waals surface area contributed by atoms with E-state index in [4.69, 9.17) is 0 Å². The Morgan fingerprint density at radius 1 is 1.15 bits per heavy atom. The molecule has 2 bridgehead atoms. The van der Waals surface area contributed by atoms with Gasteiger partial charge in [-0.25, -0.2) is 4.98 Å². The monoisotopic (exact) mass is 367 g/mol. The smallest absolute Gasteiger partial charge is 0.228 e. The molecule has 4 heterocycles. The highest BCUT2D eigenvalue weighted by molar-refractivity contribution is 5.83. The Bertz CT molecular complexity index is 777. The second-order valence-electron chi connectivity index (χ2n) is 7.44. The first-order valence-electron chi connectivity index (χ1n) is 9.65. The van der Waals surface area contributed by atoms with Gasteiger partial charge in [0.1, 0.15) is 12.7 Å². The number of hydrogen-bond donors (Lipinski definition) is 0. The summed E-state index contributed by atoms with van der Waals surface area (Å²) < 4.78 is 1.74. The van der Waals surface area contributed by atoms with Crippen LogP contribution in [0.25, 0.3) is 0 Å². The van der Waals surface area contributed by atoms with Crippen LogP contribution in [0.4, 0.5) is 0 Å². The van der Waals surface area contributed by atoms with Crippen LogP contribution in [0.15, 0.2) is 43.0 Å². The van der Waals surface area contributed by atoms with Crippen LogP contribution in [0.3, 0.4) is 0 Å². The van der Waals surface area contributed by atoms with E-state index in [0.717, 1.165) is 24.8 Å². The summed E-state index contributed by atoms with van der Waals surface area (Å²) in [6.45, 7) is 2.53. The number of fused-ring (bicyclic) bond motifs is 4. The van der Waals surface area contributed by atoms with Gasteiger partial charge in [-0.15, -0.1) is 0 Å². The normalized spacial score (nSPS) is 22.1. The summed E-state index contributed by atoms with van der Waals surface area (Å²) in [4.78, 5) is 33.5. The van der Waals surface area contributed by atoms with E-state index < -0.39 is 0 Å². The predicted molar refractivity (Wildman–Crippen MR) is 99.3 cm³/mol. The summed E-state index contributed by atoms with van der Waals surface area (Å²) in [5.41, 5.74) is 1.14. The van der Waals surface area contributed by atoms with Gasteiger partial charge in [-0.1, -0.05) is 30.3 Å². The molecule has 27 heavy (non-hydrogen) atoms. The molecule has 3 saturated heterocycles. The van der Waals surface area contributed by atoms with E-state index in [-0.39, 0.29) is 23.8 Å². The molecule has 3 fully saturated rings. The first kappa shape index (κ1) is 17.7. The van der Waals surface area contributed by atoms with E-state index >= 15 is 0 Å². The minimum atomic E-state index is -0.0632. The summed E-state index contributed by atoms with van der Waals surface area (Å²) in [5, 5.41) is 4.06. The third kappa shape index (κ3) is 4.02. The first-order chi connectivity index (χ1) is 13.2. The molecule has 2 unspecified atom stereocenters. The fourth-order valence-corrected chi connectivity index (χ4v) is 4.13. The van der Waals surface area contributed by atoms with Gasteiger partial charge in [0.2, 0.25) is 11.8 Å². The number of rotatable bonds is 6. The van der Waals surface area contributed by atoms with Gasteiger partial charge in [-0.2, -0.15) is 5.10 Å². The Hall–Kier alpha value is -2.70. The first-order valence-corrected chi connectivity index (χ1v) is 9.65. The highest BCUT2D eigenvalue weighted by Gasteiger charge is 2.41. The van der Waals surface area contributed by atoms with Crippen LogP contribution in [0.1, 0.15) is 31.2 Å². The van der Waals surface area contributed by atoms with Crippen molar-refractivity contribution in [3.05, 3.63) is 48.5 Å². The van der Waals surface area contributed by atoms with E-state index in [1.807, 2.05) is 28.0 Å². The Balaban J connectivity index is 1.38. The van der Waals surface area contributed by atoms with Gasteiger partial charge in [-0.05, 0) is 24.8 Å². The summed E-state index contributed by atoms with van der Waals surface area (Å²) >= 11 is 0. The van der Waals surface area contributed by atoms with Crippen molar-refractivity contribution < 1.29 is 9.59 Å². The van der Waals surface area contributed by atoms with Crippen LogP contribution in [0, 0.1) is 5.92 Å². The summed E-state index contributed by atoms with van der Waals surface area (Å²) in [5.74, 6) is 0.279. The molecule has 7 heteroatoms. The second-order valence-corrected chi connectivity index (χ2v) is 7.44. The van der Waals surface area contributed by atoms with Gasteiger partial charge < -0.3 is 9.80 Å². The number of piperidine rings is 1. The third-order valence-corrected chi connectivity index (χ3v) is 5.59. The van der Waals surface area contributed by atoms with Crippen LogP contribution < -0.4 is 0 Å². The average molecular weight is 367 g/mol.